The first-order valence-electron chi connectivity index (χ1n) is 8.58. The number of aromatic nitrogens is 2. The van der Waals surface area contributed by atoms with E-state index >= 15 is 0 Å². The van der Waals surface area contributed by atoms with Gasteiger partial charge in [0.05, 0.1) is 17.2 Å². The summed E-state index contributed by atoms with van der Waals surface area (Å²) < 4.78 is 37.4. The van der Waals surface area contributed by atoms with Gasteiger partial charge in [-0.3, -0.25) is 4.79 Å². The van der Waals surface area contributed by atoms with Crippen molar-refractivity contribution in [2.75, 3.05) is 16.9 Å². The molecule has 0 radical (unpaired) electrons. The zero-order chi connectivity index (χ0) is 21.9. The van der Waals surface area contributed by atoms with Crippen molar-refractivity contribution in [3.63, 3.8) is 0 Å². The lowest BCUT2D eigenvalue weighted by atomic mass is 10.1. The number of carbonyl (C=O) groups excluding carboxylic acids is 1. The van der Waals surface area contributed by atoms with Crippen LogP contribution in [0, 0.1) is 5.82 Å². The van der Waals surface area contributed by atoms with Crippen LogP contribution in [0.3, 0.4) is 0 Å². The van der Waals surface area contributed by atoms with E-state index in [2.05, 4.69) is 20.6 Å². The summed E-state index contributed by atoms with van der Waals surface area (Å²) in [5.74, 6) is -1.49. The second-order valence-corrected chi connectivity index (χ2v) is 8.31. The van der Waals surface area contributed by atoms with Crippen LogP contribution in [0.2, 0.25) is 0 Å². The Morgan fingerprint density at radius 2 is 1.87 bits per heavy atom. The third kappa shape index (κ3) is 4.70. The maximum atomic E-state index is 14.2. The van der Waals surface area contributed by atoms with Gasteiger partial charge < -0.3 is 21.5 Å². The van der Waals surface area contributed by atoms with E-state index in [9.17, 15) is 22.7 Å². The average Bonchev–Trinajstić information content (AvgIpc) is 2.69. The second kappa shape index (κ2) is 8.43. The van der Waals surface area contributed by atoms with E-state index in [0.29, 0.717) is 5.69 Å². The number of rotatable bonds is 7. The largest absolute Gasteiger partial charge is 0.392 e. The molecule has 2 aromatic carbocycles. The number of nitrogens with two attached hydrogens (primary N) is 1. The fourth-order valence-corrected chi connectivity index (χ4v) is 3.22. The van der Waals surface area contributed by atoms with Gasteiger partial charge >= 0.3 is 0 Å². The van der Waals surface area contributed by atoms with Crippen molar-refractivity contribution in [3.05, 3.63) is 65.6 Å². The van der Waals surface area contributed by atoms with Crippen LogP contribution in [-0.4, -0.2) is 35.7 Å². The van der Waals surface area contributed by atoms with Crippen LogP contribution in [0.5, 0.6) is 0 Å². The highest BCUT2D eigenvalue weighted by atomic mass is 32.2. The molecule has 0 aliphatic rings. The number of hydrogen-bond donors (Lipinski definition) is 4. The monoisotopic (exact) mass is 431 g/mol. The van der Waals surface area contributed by atoms with Gasteiger partial charge in [-0.25, -0.2) is 17.8 Å². The molecule has 0 bridgehead atoms. The molecule has 3 rings (SSSR count). The molecule has 1 amide bonds. The molecule has 0 unspecified atom stereocenters. The van der Waals surface area contributed by atoms with E-state index in [1.165, 1.54) is 48.7 Å². The van der Waals surface area contributed by atoms with E-state index in [1.807, 2.05) is 0 Å². The van der Waals surface area contributed by atoms with E-state index in [1.54, 1.807) is 0 Å². The maximum absolute atomic E-state index is 14.2. The van der Waals surface area contributed by atoms with E-state index in [0.717, 1.165) is 6.26 Å². The molecule has 1 aromatic heterocycles. The number of halogens is 1. The smallest absolute Gasteiger partial charge is 0.254 e. The topological polar surface area (TPSA) is 147 Å². The Labute approximate surface area is 171 Å². The molecule has 9 nitrogen and oxygen atoms in total. The van der Waals surface area contributed by atoms with Crippen molar-refractivity contribution in [2.24, 2.45) is 5.73 Å². The minimum absolute atomic E-state index is 0.0512. The van der Waals surface area contributed by atoms with Crippen molar-refractivity contribution in [1.29, 1.82) is 0 Å². The number of aliphatic hydroxyl groups is 1. The van der Waals surface area contributed by atoms with Crippen LogP contribution >= 0.6 is 0 Å². The molecule has 0 aliphatic heterocycles. The van der Waals surface area contributed by atoms with E-state index < -0.39 is 28.2 Å². The predicted octanol–water partition coefficient (Wildman–Crippen LogP) is 2.10. The van der Waals surface area contributed by atoms with Gasteiger partial charge in [-0.15, -0.1) is 0 Å². The van der Waals surface area contributed by atoms with Gasteiger partial charge in [0.25, 0.3) is 5.91 Å². The number of benzene rings is 2. The summed E-state index contributed by atoms with van der Waals surface area (Å²) in [6, 6.07) is 10.0. The minimum atomic E-state index is -3.34. The highest BCUT2D eigenvalue weighted by Gasteiger charge is 2.16. The van der Waals surface area contributed by atoms with Crippen LogP contribution < -0.4 is 16.4 Å². The molecule has 0 fully saturated rings. The first kappa shape index (κ1) is 21.1. The zero-order valence-corrected chi connectivity index (χ0v) is 16.6. The number of hydrogen-bond acceptors (Lipinski definition) is 8. The summed E-state index contributed by atoms with van der Waals surface area (Å²) in [6.07, 6.45) is 2.27. The maximum Gasteiger partial charge on any atom is 0.254 e. The first-order valence-corrected chi connectivity index (χ1v) is 10.5. The van der Waals surface area contributed by atoms with Gasteiger partial charge in [-0.2, -0.15) is 4.98 Å². The zero-order valence-electron chi connectivity index (χ0n) is 15.8. The standard InChI is InChI=1S/C19H18FN5O4S/c1-30(28,29)13-7-5-12(6-8-13)23-19-22-9-14(17(21)27)18(25-19)24-16-11(10-26)3-2-4-15(16)20/h2-9,26H,10H2,1H3,(H2,21,27)(H2,22,23,24,25). The van der Waals surface area contributed by atoms with Gasteiger partial charge in [0.2, 0.25) is 5.95 Å². The highest BCUT2D eigenvalue weighted by molar-refractivity contribution is 7.90. The van der Waals surface area contributed by atoms with Gasteiger partial charge in [0.15, 0.2) is 9.84 Å². The number of primary amides is 1. The molecule has 0 saturated heterocycles. The molecule has 5 N–H and O–H groups in total. The fraction of sp³-hybridized carbons (Fsp3) is 0.105. The summed E-state index contributed by atoms with van der Waals surface area (Å²) >= 11 is 0. The third-order valence-electron chi connectivity index (χ3n) is 4.11. The molecule has 156 valence electrons. The molecule has 0 atom stereocenters. The summed E-state index contributed by atoms with van der Waals surface area (Å²) in [6.45, 7) is -0.436. The average molecular weight is 431 g/mol. The van der Waals surface area contributed by atoms with Crippen LogP contribution in [0.4, 0.5) is 27.5 Å². The normalized spacial score (nSPS) is 11.2. The number of aliphatic hydroxyl groups excluding tert-OH is 1. The number of para-hydroxylation sites is 1. The molecular weight excluding hydrogens is 413 g/mol. The number of carbonyl (C=O) groups is 1. The van der Waals surface area contributed by atoms with Crippen LogP contribution in [0.25, 0.3) is 0 Å². The van der Waals surface area contributed by atoms with Gasteiger partial charge in [-0.05, 0) is 30.3 Å². The van der Waals surface area contributed by atoms with Crippen molar-refractivity contribution < 1.29 is 22.7 Å². The molecule has 0 aliphatic carbocycles. The number of amides is 1. The van der Waals surface area contributed by atoms with Crippen LogP contribution in [0.1, 0.15) is 15.9 Å². The van der Waals surface area contributed by atoms with Crippen molar-refractivity contribution >= 4 is 38.9 Å². The lowest BCUT2D eigenvalue weighted by Gasteiger charge is -2.14. The van der Waals surface area contributed by atoms with E-state index in [-0.39, 0.29) is 33.5 Å². The second-order valence-electron chi connectivity index (χ2n) is 6.30. The molecule has 11 heteroatoms. The molecular formula is C19H18FN5O4S. The summed E-state index contributed by atoms with van der Waals surface area (Å²) in [5.41, 5.74) is 5.97. The third-order valence-corrected chi connectivity index (χ3v) is 5.23. The summed E-state index contributed by atoms with van der Waals surface area (Å²) in [7, 11) is -3.34. The summed E-state index contributed by atoms with van der Waals surface area (Å²) in [5, 5.41) is 15.0. The molecule has 1 heterocycles. The van der Waals surface area contributed by atoms with E-state index in [4.69, 9.17) is 5.73 Å². The summed E-state index contributed by atoms with van der Waals surface area (Å²) in [4.78, 5) is 20.1. The Balaban J connectivity index is 1.95. The molecule has 3 aromatic rings. The number of sulfone groups is 1. The Bertz CT molecular complexity index is 1200. The lowest BCUT2D eigenvalue weighted by molar-refractivity contribution is 0.100. The Morgan fingerprint density at radius 1 is 1.17 bits per heavy atom. The molecule has 0 spiro atoms. The van der Waals surface area contributed by atoms with Gasteiger partial charge in [-0.1, -0.05) is 12.1 Å². The first-order chi connectivity index (χ1) is 14.2. The number of anilines is 4. The quantitative estimate of drug-likeness (QED) is 0.445. The SMILES string of the molecule is CS(=O)(=O)c1ccc(Nc2ncc(C(N)=O)c(Nc3c(F)cccc3CO)n2)cc1. The predicted molar refractivity (Wildman–Crippen MR) is 109 cm³/mol. The van der Waals surface area contributed by atoms with Crippen LogP contribution in [-0.2, 0) is 16.4 Å². The number of nitrogens with zero attached hydrogens (tertiary/aromatic N) is 2. The molecule has 0 saturated carbocycles. The Morgan fingerprint density at radius 3 is 2.47 bits per heavy atom. The Kier molecular flexibility index (Phi) is 5.94. The fourth-order valence-electron chi connectivity index (χ4n) is 2.59. The molecule has 30 heavy (non-hydrogen) atoms. The van der Waals surface area contributed by atoms with Gasteiger partial charge in [0.1, 0.15) is 17.2 Å². The van der Waals surface area contributed by atoms with Crippen molar-refractivity contribution in [2.45, 2.75) is 11.5 Å². The lowest BCUT2D eigenvalue weighted by Crippen LogP contribution is -2.16. The van der Waals surface area contributed by atoms with Crippen LogP contribution in [0.15, 0.2) is 53.6 Å². The van der Waals surface area contributed by atoms with Crippen molar-refractivity contribution in [3.8, 4) is 0 Å². The highest BCUT2D eigenvalue weighted by Crippen LogP contribution is 2.26. The number of nitrogens with one attached hydrogen (secondary N) is 2. The minimum Gasteiger partial charge on any atom is -0.392 e. The van der Waals surface area contributed by atoms with Crippen molar-refractivity contribution in [1.82, 2.24) is 9.97 Å². The van der Waals surface area contributed by atoms with Gasteiger partial charge in [0, 0.05) is 23.7 Å². The Hall–Kier alpha value is -3.57.